The molecule has 1 unspecified atom stereocenters. The summed E-state index contributed by atoms with van der Waals surface area (Å²) in [6, 6.07) is 5.77. The van der Waals surface area contributed by atoms with E-state index in [0.29, 0.717) is 5.02 Å². The third kappa shape index (κ3) is 2.90. The maximum absolute atomic E-state index is 6.12. The molecule has 0 spiro atoms. The lowest BCUT2D eigenvalue weighted by molar-refractivity contribution is 0.416. The summed E-state index contributed by atoms with van der Waals surface area (Å²) < 4.78 is 5.43. The number of hydrogen-bond acceptors (Lipinski definition) is 5. The quantitative estimate of drug-likeness (QED) is 0.882. The number of nitrogens with zero attached hydrogens (tertiary/aromatic N) is 1. The van der Waals surface area contributed by atoms with Crippen molar-refractivity contribution in [1.82, 2.24) is 10.3 Å². The first-order valence-electron chi connectivity index (χ1n) is 6.30. The van der Waals surface area contributed by atoms with E-state index in [1.54, 1.807) is 18.4 Å². The van der Waals surface area contributed by atoms with Crippen molar-refractivity contribution in [2.24, 2.45) is 0 Å². The van der Waals surface area contributed by atoms with Crippen LogP contribution in [0.25, 0.3) is 11.3 Å². The summed E-state index contributed by atoms with van der Waals surface area (Å²) in [5.74, 6) is 0.770. The molecular weight excluding hydrogens is 294 g/mol. The minimum atomic E-state index is 0.202. The number of anilines is 1. The monoisotopic (exact) mass is 311 g/mol. The lowest BCUT2D eigenvalue weighted by Gasteiger charge is -2.12. The second-order valence-electron chi connectivity index (χ2n) is 4.34. The van der Waals surface area contributed by atoms with E-state index >= 15 is 0 Å². The van der Waals surface area contributed by atoms with Crippen molar-refractivity contribution in [2.75, 3.05) is 26.5 Å². The molecule has 2 aromatic rings. The van der Waals surface area contributed by atoms with E-state index in [-0.39, 0.29) is 6.04 Å². The van der Waals surface area contributed by atoms with Gasteiger partial charge in [0, 0.05) is 23.7 Å². The molecule has 1 heterocycles. The summed E-state index contributed by atoms with van der Waals surface area (Å²) in [4.78, 5) is 5.80. The van der Waals surface area contributed by atoms with E-state index in [9.17, 15) is 0 Å². The highest BCUT2D eigenvalue weighted by Gasteiger charge is 2.20. The highest BCUT2D eigenvalue weighted by atomic mass is 35.5. The van der Waals surface area contributed by atoms with Gasteiger partial charge >= 0.3 is 0 Å². The zero-order chi connectivity index (χ0) is 14.7. The Morgan fingerprint density at radius 1 is 1.35 bits per heavy atom. The van der Waals surface area contributed by atoms with Crippen molar-refractivity contribution < 1.29 is 4.74 Å². The largest absolute Gasteiger partial charge is 0.496 e. The predicted octanol–water partition coefficient (Wildman–Crippen LogP) is 3.79. The second kappa shape index (κ2) is 6.43. The van der Waals surface area contributed by atoms with Gasteiger partial charge in [-0.2, -0.15) is 0 Å². The van der Waals surface area contributed by atoms with Crippen molar-refractivity contribution in [3.63, 3.8) is 0 Å². The van der Waals surface area contributed by atoms with Crippen LogP contribution in [0.3, 0.4) is 0 Å². The Kier molecular flexibility index (Phi) is 4.86. The fourth-order valence-corrected chi connectivity index (χ4v) is 3.09. The molecule has 0 aliphatic rings. The lowest BCUT2D eigenvalue weighted by Crippen LogP contribution is -2.11. The van der Waals surface area contributed by atoms with Gasteiger partial charge in [0.15, 0.2) is 5.13 Å². The smallest absolute Gasteiger partial charge is 0.183 e. The molecule has 1 atom stereocenters. The summed E-state index contributed by atoms with van der Waals surface area (Å²) >= 11 is 7.75. The van der Waals surface area contributed by atoms with Crippen molar-refractivity contribution in [3.8, 4) is 17.0 Å². The third-order valence-corrected chi connectivity index (χ3v) is 4.60. The van der Waals surface area contributed by atoms with Crippen LogP contribution < -0.4 is 15.4 Å². The SMILES string of the molecule is CNc1nc(-c2cc(Cl)ccc2OC)c(C(C)NC)s1. The molecule has 0 aliphatic carbocycles. The van der Waals surface area contributed by atoms with E-state index in [4.69, 9.17) is 16.3 Å². The summed E-state index contributed by atoms with van der Waals surface area (Å²) in [5, 5.41) is 7.89. The van der Waals surface area contributed by atoms with Gasteiger partial charge in [0.25, 0.3) is 0 Å². The van der Waals surface area contributed by atoms with E-state index < -0.39 is 0 Å². The van der Waals surface area contributed by atoms with E-state index in [1.165, 1.54) is 0 Å². The van der Waals surface area contributed by atoms with Crippen LogP contribution in [0, 0.1) is 0 Å². The highest BCUT2D eigenvalue weighted by molar-refractivity contribution is 7.16. The summed E-state index contributed by atoms with van der Waals surface area (Å²) in [6.07, 6.45) is 0. The van der Waals surface area contributed by atoms with E-state index in [0.717, 1.165) is 27.0 Å². The fourth-order valence-electron chi connectivity index (χ4n) is 1.92. The Hall–Kier alpha value is -1.30. The molecule has 1 aromatic carbocycles. The van der Waals surface area contributed by atoms with Crippen molar-refractivity contribution >= 4 is 28.1 Å². The predicted molar refractivity (Wildman–Crippen MR) is 86.1 cm³/mol. The lowest BCUT2D eigenvalue weighted by atomic mass is 10.1. The highest BCUT2D eigenvalue weighted by Crippen LogP contribution is 2.40. The topological polar surface area (TPSA) is 46.2 Å². The summed E-state index contributed by atoms with van der Waals surface area (Å²) in [5.41, 5.74) is 1.82. The first-order chi connectivity index (χ1) is 9.60. The minimum Gasteiger partial charge on any atom is -0.496 e. The molecule has 0 bridgehead atoms. The number of hydrogen-bond donors (Lipinski definition) is 2. The molecular formula is C14H18ClN3OS. The van der Waals surface area contributed by atoms with E-state index in [2.05, 4.69) is 22.5 Å². The number of thiazole rings is 1. The zero-order valence-corrected chi connectivity index (χ0v) is 13.5. The van der Waals surface area contributed by atoms with Crippen molar-refractivity contribution in [3.05, 3.63) is 28.1 Å². The third-order valence-electron chi connectivity index (χ3n) is 3.11. The van der Waals surface area contributed by atoms with E-state index in [1.807, 2.05) is 32.3 Å². The maximum atomic E-state index is 6.12. The van der Waals surface area contributed by atoms with Gasteiger partial charge in [-0.05, 0) is 32.2 Å². The Labute approximate surface area is 128 Å². The molecule has 6 heteroatoms. The molecule has 2 N–H and O–H groups in total. The minimum absolute atomic E-state index is 0.202. The average Bonchev–Trinajstić information content (AvgIpc) is 2.90. The molecule has 0 fully saturated rings. The Morgan fingerprint density at radius 3 is 2.70 bits per heavy atom. The Balaban J connectivity index is 2.61. The van der Waals surface area contributed by atoms with Crippen LogP contribution in [0.4, 0.5) is 5.13 Å². The molecule has 4 nitrogen and oxygen atoms in total. The van der Waals surface area contributed by atoms with Gasteiger partial charge in [0.1, 0.15) is 5.75 Å². The maximum Gasteiger partial charge on any atom is 0.183 e. The van der Waals surface area contributed by atoms with Gasteiger partial charge in [0.2, 0.25) is 0 Å². The molecule has 0 amide bonds. The molecule has 0 saturated heterocycles. The standard InChI is InChI=1S/C14H18ClN3OS/c1-8(16-2)13-12(18-14(17-3)20-13)10-7-9(15)5-6-11(10)19-4/h5-8,16H,1-4H3,(H,17,18). The molecule has 1 aromatic heterocycles. The zero-order valence-electron chi connectivity index (χ0n) is 12.0. The number of aromatic nitrogens is 1. The molecule has 0 saturated carbocycles. The van der Waals surface area contributed by atoms with Crippen molar-refractivity contribution in [1.29, 1.82) is 0 Å². The van der Waals surface area contributed by atoms with Crippen LogP contribution in [0.1, 0.15) is 17.8 Å². The van der Waals surface area contributed by atoms with Crippen LogP contribution in [0.2, 0.25) is 5.02 Å². The second-order valence-corrected chi connectivity index (χ2v) is 5.80. The van der Waals surface area contributed by atoms with Crippen LogP contribution in [-0.4, -0.2) is 26.2 Å². The van der Waals surface area contributed by atoms with Gasteiger partial charge < -0.3 is 15.4 Å². The normalized spacial score (nSPS) is 12.2. The number of nitrogens with one attached hydrogen (secondary N) is 2. The van der Waals surface area contributed by atoms with Gasteiger partial charge in [-0.1, -0.05) is 22.9 Å². The Bertz CT molecular complexity index is 600. The van der Waals surface area contributed by atoms with Gasteiger partial charge in [-0.15, -0.1) is 0 Å². The van der Waals surface area contributed by atoms with Crippen LogP contribution in [-0.2, 0) is 0 Å². The first-order valence-corrected chi connectivity index (χ1v) is 7.49. The van der Waals surface area contributed by atoms with Crippen molar-refractivity contribution in [2.45, 2.75) is 13.0 Å². The molecule has 0 radical (unpaired) electrons. The Morgan fingerprint density at radius 2 is 2.10 bits per heavy atom. The molecule has 0 aliphatic heterocycles. The summed E-state index contributed by atoms with van der Waals surface area (Å²) in [7, 11) is 5.45. The number of halogens is 1. The number of benzene rings is 1. The van der Waals surface area contributed by atoms with Crippen LogP contribution in [0.5, 0.6) is 5.75 Å². The van der Waals surface area contributed by atoms with Gasteiger partial charge in [-0.25, -0.2) is 4.98 Å². The molecule has 20 heavy (non-hydrogen) atoms. The number of rotatable bonds is 5. The van der Waals surface area contributed by atoms with Crippen LogP contribution in [0.15, 0.2) is 18.2 Å². The number of ether oxygens (including phenoxy) is 1. The first kappa shape index (κ1) is 15.1. The van der Waals surface area contributed by atoms with Gasteiger partial charge in [-0.3, -0.25) is 0 Å². The number of methoxy groups -OCH3 is 1. The molecule has 2 rings (SSSR count). The van der Waals surface area contributed by atoms with Gasteiger partial charge in [0.05, 0.1) is 17.7 Å². The molecule has 108 valence electrons. The average molecular weight is 312 g/mol. The fraction of sp³-hybridized carbons (Fsp3) is 0.357. The summed E-state index contributed by atoms with van der Waals surface area (Å²) in [6.45, 7) is 2.10. The van der Waals surface area contributed by atoms with Crippen LogP contribution >= 0.6 is 22.9 Å².